The second kappa shape index (κ2) is 7.74. The van der Waals surface area contributed by atoms with Crippen LogP contribution in [-0.2, 0) is 11.2 Å². The third-order valence-electron chi connectivity index (χ3n) is 3.67. The fourth-order valence-electron chi connectivity index (χ4n) is 2.47. The van der Waals surface area contributed by atoms with Crippen LogP contribution in [0.1, 0.15) is 11.3 Å². The quantitative estimate of drug-likeness (QED) is 0.664. The molecule has 25 heavy (non-hydrogen) atoms. The lowest BCUT2D eigenvalue weighted by atomic mass is 10.1. The molecular weight excluding hydrogens is 356 g/mol. The summed E-state index contributed by atoms with van der Waals surface area (Å²) >= 11 is 7.23. The number of amides is 1. The molecule has 3 aromatic rings. The van der Waals surface area contributed by atoms with E-state index in [1.54, 1.807) is 12.4 Å². The Kier molecular flexibility index (Phi) is 5.43. The molecule has 0 aliphatic heterocycles. The maximum Gasteiger partial charge on any atom is 0.228 e. The summed E-state index contributed by atoms with van der Waals surface area (Å²) in [6, 6.07) is 12.9. The van der Waals surface area contributed by atoms with Gasteiger partial charge in [-0.15, -0.1) is 0 Å². The van der Waals surface area contributed by atoms with E-state index in [2.05, 4.69) is 10.3 Å². The number of imidazole rings is 1. The Morgan fingerprint density at radius 2 is 2.12 bits per heavy atom. The Balaban J connectivity index is 1.77. The van der Waals surface area contributed by atoms with Gasteiger partial charge in [-0.25, -0.2) is 4.98 Å². The fraction of sp³-hybridized carbons (Fsp3) is 0.111. The Morgan fingerprint density at radius 3 is 2.80 bits per heavy atom. The van der Waals surface area contributed by atoms with Crippen molar-refractivity contribution in [3.63, 3.8) is 0 Å². The summed E-state index contributed by atoms with van der Waals surface area (Å²) in [5.41, 5.74) is 3.31. The van der Waals surface area contributed by atoms with Gasteiger partial charge in [-0.3, -0.25) is 9.93 Å². The third kappa shape index (κ3) is 4.22. The number of nitrogens with one attached hydrogen (secondary N) is 1. The molecule has 0 aliphatic carbocycles. The molecule has 0 atom stereocenters. The second-order valence-electron chi connectivity index (χ2n) is 5.54. The number of aromatic nitrogens is 2. The highest BCUT2D eigenvalue weighted by Crippen LogP contribution is 2.26. The minimum absolute atomic E-state index is 0.132. The van der Waals surface area contributed by atoms with E-state index in [0.29, 0.717) is 10.7 Å². The Bertz CT molecular complexity index is 910. The lowest BCUT2D eigenvalue weighted by Gasteiger charge is -2.11. The van der Waals surface area contributed by atoms with Crippen molar-refractivity contribution < 1.29 is 4.79 Å². The molecule has 0 bridgehead atoms. The van der Waals surface area contributed by atoms with E-state index >= 15 is 0 Å². The number of halogens is 1. The van der Waals surface area contributed by atoms with Crippen LogP contribution < -0.4 is 10.5 Å². The normalized spacial score (nSPS) is 10.7. The van der Waals surface area contributed by atoms with Crippen molar-refractivity contribution in [1.82, 2.24) is 9.55 Å². The van der Waals surface area contributed by atoms with Crippen LogP contribution in [0.4, 0.5) is 5.69 Å². The summed E-state index contributed by atoms with van der Waals surface area (Å²) in [6.07, 6.45) is 3.87. The molecule has 1 amide bonds. The zero-order chi connectivity index (χ0) is 17.8. The summed E-state index contributed by atoms with van der Waals surface area (Å²) in [5.74, 6) is -0.132. The van der Waals surface area contributed by atoms with Crippen molar-refractivity contribution in [3.05, 3.63) is 71.3 Å². The maximum atomic E-state index is 12.3. The second-order valence-corrected chi connectivity index (χ2v) is 6.62. The van der Waals surface area contributed by atoms with Crippen LogP contribution in [0.2, 0.25) is 5.02 Å². The van der Waals surface area contributed by atoms with Gasteiger partial charge in [0.1, 0.15) is 0 Å². The topological polar surface area (TPSA) is 72.9 Å². The van der Waals surface area contributed by atoms with E-state index < -0.39 is 0 Å². The lowest BCUT2D eigenvalue weighted by molar-refractivity contribution is -0.115. The van der Waals surface area contributed by atoms with Gasteiger partial charge < -0.3 is 9.88 Å². The highest BCUT2D eigenvalue weighted by Gasteiger charge is 2.10. The Morgan fingerprint density at radius 1 is 1.32 bits per heavy atom. The first-order chi connectivity index (χ1) is 12.1. The number of carbonyl (C=O) groups excluding carboxylic acids is 1. The first kappa shape index (κ1) is 17.5. The van der Waals surface area contributed by atoms with Gasteiger partial charge in [0.2, 0.25) is 5.91 Å². The van der Waals surface area contributed by atoms with Gasteiger partial charge in [0.15, 0.2) is 0 Å². The Labute approximate surface area is 155 Å². The summed E-state index contributed by atoms with van der Waals surface area (Å²) in [4.78, 5) is 17.3. The minimum atomic E-state index is -0.132. The van der Waals surface area contributed by atoms with Crippen LogP contribution in [0.15, 0.2) is 59.9 Å². The molecule has 0 fully saturated rings. The Hall–Kier alpha value is -2.28. The van der Waals surface area contributed by atoms with E-state index in [1.807, 2.05) is 54.1 Å². The highest BCUT2D eigenvalue weighted by atomic mass is 35.5. The van der Waals surface area contributed by atoms with Gasteiger partial charge in [0, 0.05) is 21.8 Å². The van der Waals surface area contributed by atoms with Crippen molar-refractivity contribution in [2.45, 2.75) is 18.2 Å². The molecule has 128 valence electrons. The van der Waals surface area contributed by atoms with Crippen LogP contribution >= 0.6 is 23.5 Å². The molecule has 0 unspecified atom stereocenters. The van der Waals surface area contributed by atoms with E-state index in [4.69, 9.17) is 16.7 Å². The first-order valence-electron chi connectivity index (χ1n) is 7.62. The fourth-order valence-corrected chi connectivity index (χ4v) is 3.16. The zero-order valence-corrected chi connectivity index (χ0v) is 15.1. The van der Waals surface area contributed by atoms with Crippen LogP contribution in [-0.4, -0.2) is 15.5 Å². The number of nitrogens with zero attached hydrogens (tertiary/aromatic N) is 2. The van der Waals surface area contributed by atoms with Crippen LogP contribution in [0.3, 0.4) is 0 Å². The summed E-state index contributed by atoms with van der Waals surface area (Å²) < 4.78 is 1.90. The van der Waals surface area contributed by atoms with Gasteiger partial charge in [-0.05, 0) is 48.7 Å². The molecular formula is C18H17ClN4OS. The predicted octanol–water partition coefficient (Wildman–Crippen LogP) is 3.98. The number of nitrogens with two attached hydrogens (primary N) is 1. The molecule has 3 rings (SSSR count). The average molecular weight is 373 g/mol. The lowest BCUT2D eigenvalue weighted by Crippen LogP contribution is -2.14. The van der Waals surface area contributed by atoms with E-state index in [1.165, 1.54) is 0 Å². The summed E-state index contributed by atoms with van der Waals surface area (Å²) in [5, 5.41) is 9.26. The molecule has 7 heteroatoms. The summed E-state index contributed by atoms with van der Waals surface area (Å²) in [6.45, 7) is 1.93. The van der Waals surface area contributed by atoms with Crippen LogP contribution in [0, 0.1) is 6.92 Å². The molecule has 5 nitrogen and oxygen atoms in total. The average Bonchev–Trinajstić information content (AvgIpc) is 3.03. The van der Waals surface area contributed by atoms with Crippen molar-refractivity contribution in [2.75, 3.05) is 5.32 Å². The minimum Gasteiger partial charge on any atom is -0.326 e. The van der Waals surface area contributed by atoms with Crippen molar-refractivity contribution in [1.29, 1.82) is 0 Å². The largest absolute Gasteiger partial charge is 0.326 e. The third-order valence-corrected chi connectivity index (χ3v) is 4.62. The molecule has 1 aromatic heterocycles. The maximum absolute atomic E-state index is 12.3. The molecule has 3 N–H and O–H groups in total. The van der Waals surface area contributed by atoms with Crippen molar-refractivity contribution >= 4 is 35.1 Å². The SMILES string of the molecule is Cc1cn(-c2ccc(NC(=O)Cc3ccccc3Cl)cc2SN)cn1. The standard InChI is InChI=1S/C18H17ClN4OS/c1-12-10-23(11-21-12)16-7-6-14(9-17(16)25-20)22-18(24)8-13-4-2-3-5-15(13)19/h2-7,9-11H,8,20H2,1H3,(H,22,24). The van der Waals surface area contributed by atoms with E-state index in [0.717, 1.165) is 33.8 Å². The number of hydrogen-bond donors (Lipinski definition) is 2. The zero-order valence-electron chi connectivity index (χ0n) is 13.6. The summed E-state index contributed by atoms with van der Waals surface area (Å²) in [7, 11) is 0. The smallest absolute Gasteiger partial charge is 0.228 e. The molecule has 0 spiro atoms. The van der Waals surface area contributed by atoms with Gasteiger partial charge >= 0.3 is 0 Å². The van der Waals surface area contributed by atoms with Crippen molar-refractivity contribution in [2.24, 2.45) is 5.14 Å². The highest BCUT2D eigenvalue weighted by molar-refractivity contribution is 7.97. The van der Waals surface area contributed by atoms with E-state index in [9.17, 15) is 4.79 Å². The van der Waals surface area contributed by atoms with Gasteiger partial charge in [0.05, 0.1) is 24.1 Å². The molecule has 0 saturated carbocycles. The number of carbonyl (C=O) groups is 1. The molecule has 0 saturated heterocycles. The number of hydrogen-bond acceptors (Lipinski definition) is 4. The number of rotatable bonds is 5. The van der Waals surface area contributed by atoms with Gasteiger partial charge in [-0.2, -0.15) is 0 Å². The van der Waals surface area contributed by atoms with Crippen LogP contribution in [0.25, 0.3) is 5.69 Å². The van der Waals surface area contributed by atoms with Crippen molar-refractivity contribution in [3.8, 4) is 5.69 Å². The molecule has 2 aromatic carbocycles. The molecule has 1 heterocycles. The predicted molar refractivity (Wildman–Crippen MR) is 102 cm³/mol. The monoisotopic (exact) mass is 372 g/mol. The number of anilines is 1. The van der Waals surface area contributed by atoms with E-state index in [-0.39, 0.29) is 12.3 Å². The number of aryl methyl sites for hydroxylation is 1. The molecule has 0 aliphatic rings. The number of benzene rings is 2. The van der Waals surface area contributed by atoms with Gasteiger partial charge in [0.25, 0.3) is 0 Å². The molecule has 0 radical (unpaired) electrons. The van der Waals surface area contributed by atoms with Gasteiger partial charge in [-0.1, -0.05) is 29.8 Å². The first-order valence-corrected chi connectivity index (χ1v) is 8.87. The van der Waals surface area contributed by atoms with Crippen LogP contribution in [0.5, 0.6) is 0 Å².